The molecule has 1 aromatic carbocycles. The van der Waals surface area contributed by atoms with E-state index in [4.69, 9.17) is 5.73 Å². The molecule has 0 spiro atoms. The molecule has 1 atom stereocenters. The van der Waals surface area contributed by atoms with Crippen molar-refractivity contribution in [2.45, 2.75) is 45.4 Å². The maximum atomic E-state index is 11.3. The molecular formula is C15H23NO. The second kappa shape index (κ2) is 7.88. The van der Waals surface area contributed by atoms with E-state index in [9.17, 15) is 4.79 Å². The zero-order valence-corrected chi connectivity index (χ0v) is 10.7. The van der Waals surface area contributed by atoms with Crippen LogP contribution in [0.15, 0.2) is 30.3 Å². The number of aryl methyl sites for hydroxylation is 1. The molecule has 0 bridgehead atoms. The van der Waals surface area contributed by atoms with E-state index in [1.165, 1.54) is 18.4 Å². The molecule has 0 aliphatic heterocycles. The number of unbranched alkanes of at least 4 members (excludes halogenated alkanes) is 2. The summed E-state index contributed by atoms with van der Waals surface area (Å²) in [6.45, 7) is 2.17. The molecule has 0 aliphatic rings. The summed E-state index contributed by atoms with van der Waals surface area (Å²) in [4.78, 5) is 11.3. The van der Waals surface area contributed by atoms with Gasteiger partial charge in [-0.1, -0.05) is 56.5 Å². The maximum absolute atomic E-state index is 11.3. The SMILES string of the molecule is CCCCCC(CCc1ccccc1)C(N)=O. The first-order valence-corrected chi connectivity index (χ1v) is 6.57. The van der Waals surface area contributed by atoms with Crippen molar-refractivity contribution in [1.29, 1.82) is 0 Å². The standard InChI is InChI=1S/C15H23NO/c1-2-3-5-10-14(15(16)17)12-11-13-8-6-4-7-9-13/h4,6-9,14H,2-3,5,10-12H2,1H3,(H2,16,17). The fraction of sp³-hybridized carbons (Fsp3) is 0.533. The second-order valence-corrected chi connectivity index (χ2v) is 4.62. The van der Waals surface area contributed by atoms with Crippen LogP contribution in [0.5, 0.6) is 0 Å². The van der Waals surface area contributed by atoms with Crippen LogP contribution in [0, 0.1) is 5.92 Å². The summed E-state index contributed by atoms with van der Waals surface area (Å²) >= 11 is 0. The zero-order chi connectivity index (χ0) is 12.5. The van der Waals surface area contributed by atoms with Gasteiger partial charge in [0.15, 0.2) is 0 Å². The minimum absolute atomic E-state index is 0.0433. The topological polar surface area (TPSA) is 43.1 Å². The van der Waals surface area contributed by atoms with Crippen molar-refractivity contribution >= 4 is 5.91 Å². The Hall–Kier alpha value is -1.31. The lowest BCUT2D eigenvalue weighted by atomic mass is 9.93. The highest BCUT2D eigenvalue weighted by Gasteiger charge is 2.14. The molecule has 2 heteroatoms. The highest BCUT2D eigenvalue weighted by molar-refractivity contribution is 5.76. The van der Waals surface area contributed by atoms with Crippen LogP contribution in [-0.4, -0.2) is 5.91 Å². The van der Waals surface area contributed by atoms with Crippen LogP contribution in [0.4, 0.5) is 0 Å². The van der Waals surface area contributed by atoms with Gasteiger partial charge in [-0.2, -0.15) is 0 Å². The van der Waals surface area contributed by atoms with Crippen LogP contribution in [0.1, 0.15) is 44.6 Å². The van der Waals surface area contributed by atoms with Crippen molar-refractivity contribution in [3.05, 3.63) is 35.9 Å². The van der Waals surface area contributed by atoms with Gasteiger partial charge < -0.3 is 5.73 Å². The normalized spacial score (nSPS) is 12.3. The highest BCUT2D eigenvalue weighted by Crippen LogP contribution is 2.16. The Morgan fingerprint density at radius 3 is 2.47 bits per heavy atom. The highest BCUT2D eigenvalue weighted by atomic mass is 16.1. The molecule has 1 amide bonds. The van der Waals surface area contributed by atoms with Crippen LogP contribution in [0.2, 0.25) is 0 Å². The molecule has 0 aromatic heterocycles. The van der Waals surface area contributed by atoms with Gasteiger partial charge >= 0.3 is 0 Å². The Morgan fingerprint density at radius 1 is 1.18 bits per heavy atom. The third-order valence-electron chi connectivity index (χ3n) is 3.18. The molecule has 17 heavy (non-hydrogen) atoms. The van der Waals surface area contributed by atoms with Crippen LogP contribution in [0.3, 0.4) is 0 Å². The summed E-state index contributed by atoms with van der Waals surface area (Å²) in [6, 6.07) is 10.3. The van der Waals surface area contributed by atoms with Gasteiger partial charge in [0.2, 0.25) is 5.91 Å². The van der Waals surface area contributed by atoms with Crippen molar-refractivity contribution < 1.29 is 4.79 Å². The average molecular weight is 233 g/mol. The summed E-state index contributed by atoms with van der Waals surface area (Å²) in [6.07, 6.45) is 6.25. The van der Waals surface area contributed by atoms with Gasteiger partial charge in [0.1, 0.15) is 0 Å². The number of primary amides is 1. The molecule has 0 fully saturated rings. The number of nitrogens with two attached hydrogens (primary N) is 1. The molecular weight excluding hydrogens is 210 g/mol. The number of carbonyl (C=O) groups excluding carboxylic acids is 1. The molecule has 2 nitrogen and oxygen atoms in total. The van der Waals surface area contributed by atoms with Gasteiger partial charge in [0.05, 0.1) is 0 Å². The Bertz CT molecular complexity index is 321. The number of carbonyl (C=O) groups is 1. The lowest BCUT2D eigenvalue weighted by molar-refractivity contribution is -0.122. The Kier molecular flexibility index (Phi) is 6.38. The van der Waals surface area contributed by atoms with Crippen molar-refractivity contribution in [3.63, 3.8) is 0 Å². The van der Waals surface area contributed by atoms with Crippen LogP contribution < -0.4 is 5.73 Å². The van der Waals surface area contributed by atoms with E-state index in [0.717, 1.165) is 25.7 Å². The predicted octanol–water partition coefficient (Wildman–Crippen LogP) is 3.30. The number of hydrogen-bond acceptors (Lipinski definition) is 1. The van der Waals surface area contributed by atoms with Crippen molar-refractivity contribution in [3.8, 4) is 0 Å². The number of benzene rings is 1. The molecule has 0 saturated carbocycles. The first-order valence-electron chi connectivity index (χ1n) is 6.57. The van der Waals surface area contributed by atoms with Gasteiger partial charge in [0.25, 0.3) is 0 Å². The molecule has 94 valence electrons. The summed E-state index contributed by atoms with van der Waals surface area (Å²) in [5.74, 6) is -0.0983. The van der Waals surface area contributed by atoms with Crippen LogP contribution in [0.25, 0.3) is 0 Å². The summed E-state index contributed by atoms with van der Waals surface area (Å²) < 4.78 is 0. The van der Waals surface area contributed by atoms with Crippen molar-refractivity contribution in [1.82, 2.24) is 0 Å². The summed E-state index contributed by atoms with van der Waals surface area (Å²) in [7, 11) is 0. The molecule has 1 aromatic rings. The van der Waals surface area contributed by atoms with Gasteiger partial charge in [-0.15, -0.1) is 0 Å². The van der Waals surface area contributed by atoms with Gasteiger partial charge in [-0.05, 0) is 24.8 Å². The lowest BCUT2D eigenvalue weighted by Gasteiger charge is -2.12. The minimum atomic E-state index is -0.142. The van der Waals surface area contributed by atoms with E-state index < -0.39 is 0 Å². The second-order valence-electron chi connectivity index (χ2n) is 4.62. The van der Waals surface area contributed by atoms with E-state index in [1.807, 2.05) is 18.2 Å². The monoisotopic (exact) mass is 233 g/mol. The largest absolute Gasteiger partial charge is 0.369 e. The van der Waals surface area contributed by atoms with Crippen LogP contribution in [-0.2, 0) is 11.2 Å². The smallest absolute Gasteiger partial charge is 0.220 e. The number of hydrogen-bond donors (Lipinski definition) is 1. The van der Waals surface area contributed by atoms with E-state index >= 15 is 0 Å². The molecule has 0 radical (unpaired) electrons. The molecule has 1 rings (SSSR count). The Morgan fingerprint density at radius 2 is 1.88 bits per heavy atom. The first kappa shape index (κ1) is 13.8. The number of rotatable bonds is 8. The molecule has 2 N–H and O–H groups in total. The van der Waals surface area contributed by atoms with E-state index in [-0.39, 0.29) is 11.8 Å². The predicted molar refractivity (Wildman–Crippen MR) is 71.6 cm³/mol. The van der Waals surface area contributed by atoms with Crippen molar-refractivity contribution in [2.24, 2.45) is 11.7 Å². The lowest BCUT2D eigenvalue weighted by Crippen LogP contribution is -2.23. The van der Waals surface area contributed by atoms with E-state index in [0.29, 0.717) is 0 Å². The molecule has 1 unspecified atom stereocenters. The van der Waals surface area contributed by atoms with Gasteiger partial charge in [0, 0.05) is 5.92 Å². The molecule has 0 heterocycles. The first-order chi connectivity index (χ1) is 8.24. The Balaban J connectivity index is 2.36. The molecule has 0 saturated heterocycles. The fourth-order valence-electron chi connectivity index (χ4n) is 2.06. The van der Waals surface area contributed by atoms with Gasteiger partial charge in [-0.25, -0.2) is 0 Å². The summed E-state index contributed by atoms with van der Waals surface area (Å²) in [5.41, 5.74) is 6.73. The zero-order valence-electron chi connectivity index (χ0n) is 10.7. The van der Waals surface area contributed by atoms with Crippen LogP contribution >= 0.6 is 0 Å². The number of amides is 1. The fourth-order valence-corrected chi connectivity index (χ4v) is 2.06. The quantitative estimate of drug-likeness (QED) is 0.688. The van der Waals surface area contributed by atoms with E-state index in [1.54, 1.807) is 0 Å². The van der Waals surface area contributed by atoms with Gasteiger partial charge in [-0.3, -0.25) is 4.79 Å². The molecule has 0 aliphatic carbocycles. The average Bonchev–Trinajstić information content (AvgIpc) is 2.34. The maximum Gasteiger partial charge on any atom is 0.220 e. The minimum Gasteiger partial charge on any atom is -0.369 e. The van der Waals surface area contributed by atoms with Crippen molar-refractivity contribution in [2.75, 3.05) is 0 Å². The Labute approximate surface area is 104 Å². The third kappa shape index (κ3) is 5.53. The summed E-state index contributed by atoms with van der Waals surface area (Å²) in [5, 5.41) is 0. The van der Waals surface area contributed by atoms with E-state index in [2.05, 4.69) is 19.1 Å². The third-order valence-corrected chi connectivity index (χ3v) is 3.18.